The van der Waals surface area contributed by atoms with E-state index in [1.165, 1.54) is 11.3 Å². The summed E-state index contributed by atoms with van der Waals surface area (Å²) in [7, 11) is 0. The van der Waals surface area contributed by atoms with Crippen molar-refractivity contribution < 1.29 is 22.2 Å². The minimum absolute atomic E-state index is 0. The molecule has 1 heterocycles. The van der Waals surface area contributed by atoms with Gasteiger partial charge in [0.15, 0.2) is 0 Å². The van der Waals surface area contributed by atoms with Crippen LogP contribution in [0.2, 0.25) is 0 Å². The Balaban J connectivity index is 0.000000256. The summed E-state index contributed by atoms with van der Waals surface area (Å²) in [5.41, 5.74) is 1.87. The molecule has 1 atom stereocenters. The maximum atomic E-state index is 9.84. The molecule has 0 aliphatic rings. The third kappa shape index (κ3) is 4.77. The zero-order valence-electron chi connectivity index (χ0n) is 10.5. The molecule has 1 unspecified atom stereocenters. The normalized spacial score (nSPS) is 11.1. The molecular weight excluding hydrogens is 298 g/mol. The molecule has 3 aromatic rings. The fourth-order valence-electron chi connectivity index (χ4n) is 1.53. The van der Waals surface area contributed by atoms with Gasteiger partial charge in [-0.05, 0) is 6.92 Å². The predicted molar refractivity (Wildman–Crippen MR) is 75.0 cm³/mol. The third-order valence-electron chi connectivity index (χ3n) is 2.43. The number of nitrogens with zero attached hydrogens (tertiary/aromatic N) is 1. The van der Waals surface area contributed by atoms with Crippen LogP contribution in [0, 0.1) is 6.92 Å². The second-order valence-corrected chi connectivity index (χ2v) is 4.80. The van der Waals surface area contributed by atoms with Gasteiger partial charge in [-0.25, -0.2) is 17.1 Å². The van der Waals surface area contributed by atoms with E-state index in [2.05, 4.69) is 4.98 Å². The Hall–Kier alpha value is -1.19. The van der Waals surface area contributed by atoms with Gasteiger partial charge in [-0.15, -0.1) is 11.3 Å². The molecule has 4 heteroatoms. The molecule has 0 amide bonds. The molecule has 106 valence electrons. The number of thiazole rings is 1. The second-order valence-electron chi connectivity index (χ2n) is 3.91. The molecule has 19 heavy (non-hydrogen) atoms. The summed E-state index contributed by atoms with van der Waals surface area (Å²) in [5, 5.41) is 12.6. The number of hydrogen-bond donors (Lipinski definition) is 1. The predicted octanol–water partition coefficient (Wildman–Crippen LogP) is 3.66. The molecule has 0 fully saturated rings. The standard InChI is InChI=1S/C10H10NOS.C5H5.Fe/c1-7-6-13-10(11-7)9(12)8-4-2-3-5-8;1-2-4-5-3-1;/h2-6,9,12H,1H3;1-5H;/q-5;-1;. The number of aromatic nitrogens is 1. The molecule has 3 rings (SSSR count). The van der Waals surface area contributed by atoms with Gasteiger partial charge < -0.3 is 34.9 Å². The van der Waals surface area contributed by atoms with E-state index in [1.54, 1.807) is 0 Å². The van der Waals surface area contributed by atoms with Crippen molar-refractivity contribution in [2.24, 2.45) is 0 Å². The van der Waals surface area contributed by atoms with Crippen LogP contribution >= 0.6 is 11.3 Å². The SMILES string of the molecule is Cc1csc(C(O)[c-]2[cH-][cH-][cH-][cH-]2)n1.[Fe].c1cc[cH-]c1. The van der Waals surface area contributed by atoms with Gasteiger partial charge in [0.2, 0.25) is 0 Å². The van der Waals surface area contributed by atoms with Crippen LogP contribution < -0.4 is 0 Å². The Kier molecular flexibility index (Phi) is 6.74. The molecule has 2 aromatic carbocycles. The van der Waals surface area contributed by atoms with Crippen LogP contribution in [0.25, 0.3) is 0 Å². The fraction of sp³-hybridized carbons (Fsp3) is 0.133. The van der Waals surface area contributed by atoms with Gasteiger partial charge in [-0.3, -0.25) is 0 Å². The van der Waals surface area contributed by atoms with Gasteiger partial charge in [0.1, 0.15) is 0 Å². The van der Waals surface area contributed by atoms with Crippen molar-refractivity contribution in [2.75, 3.05) is 0 Å². The van der Waals surface area contributed by atoms with Crippen molar-refractivity contribution in [3.63, 3.8) is 0 Å². The minimum Gasteiger partial charge on any atom is -0.747 e. The maximum Gasteiger partial charge on any atom is 0.0890 e. The number of hydrogen-bond acceptors (Lipinski definition) is 3. The number of rotatable bonds is 2. The van der Waals surface area contributed by atoms with Crippen LogP contribution in [0.3, 0.4) is 0 Å². The first-order chi connectivity index (χ1) is 8.77. The summed E-state index contributed by atoms with van der Waals surface area (Å²) in [6.07, 6.45) is -0.561. The zero-order chi connectivity index (χ0) is 12.8. The summed E-state index contributed by atoms with van der Waals surface area (Å²) in [6, 6.07) is 17.6. The van der Waals surface area contributed by atoms with E-state index in [1.807, 2.05) is 66.9 Å². The molecule has 1 N–H and O–H groups in total. The smallest absolute Gasteiger partial charge is 0.0890 e. The summed E-state index contributed by atoms with van der Waals surface area (Å²) >= 11 is 1.49. The van der Waals surface area contributed by atoms with E-state index in [-0.39, 0.29) is 17.1 Å². The van der Waals surface area contributed by atoms with Crippen LogP contribution in [-0.4, -0.2) is 10.1 Å². The van der Waals surface area contributed by atoms with E-state index in [9.17, 15) is 5.11 Å². The Morgan fingerprint density at radius 2 is 1.89 bits per heavy atom. The first-order valence-corrected chi connectivity index (χ1v) is 6.63. The van der Waals surface area contributed by atoms with E-state index in [0.29, 0.717) is 0 Å². The van der Waals surface area contributed by atoms with Gasteiger partial charge in [0, 0.05) is 28.1 Å². The fourth-order valence-corrected chi connectivity index (χ4v) is 2.34. The van der Waals surface area contributed by atoms with Crippen molar-refractivity contribution >= 4 is 11.3 Å². The summed E-state index contributed by atoms with van der Waals surface area (Å²) in [5.74, 6) is 0. The molecule has 0 saturated carbocycles. The Labute approximate surface area is 128 Å². The quantitative estimate of drug-likeness (QED) is 0.578. The van der Waals surface area contributed by atoms with Gasteiger partial charge >= 0.3 is 0 Å². The van der Waals surface area contributed by atoms with Crippen LogP contribution in [0.5, 0.6) is 0 Å². The molecule has 2 nitrogen and oxygen atoms in total. The molecule has 0 bridgehead atoms. The van der Waals surface area contributed by atoms with Crippen LogP contribution in [-0.2, 0) is 17.1 Å². The first-order valence-electron chi connectivity index (χ1n) is 5.76. The molecule has 0 saturated heterocycles. The van der Waals surface area contributed by atoms with Crippen LogP contribution in [0.1, 0.15) is 22.4 Å². The van der Waals surface area contributed by atoms with Crippen molar-refractivity contribution in [1.82, 2.24) is 4.98 Å². The van der Waals surface area contributed by atoms with Crippen LogP contribution in [0.4, 0.5) is 0 Å². The van der Waals surface area contributed by atoms with Gasteiger partial charge in [-0.1, -0.05) is 6.10 Å². The monoisotopic (exact) mass is 313 g/mol. The second kappa shape index (κ2) is 8.08. The minimum atomic E-state index is -0.561. The van der Waals surface area contributed by atoms with Crippen molar-refractivity contribution in [1.29, 1.82) is 0 Å². The van der Waals surface area contributed by atoms with Gasteiger partial charge in [0.25, 0.3) is 0 Å². The summed E-state index contributed by atoms with van der Waals surface area (Å²) in [4.78, 5) is 4.24. The first kappa shape index (κ1) is 15.9. The van der Waals surface area contributed by atoms with Gasteiger partial charge in [0.05, 0.1) is 5.01 Å². The Bertz CT molecular complexity index is 525. The third-order valence-corrected chi connectivity index (χ3v) is 3.45. The molecule has 0 radical (unpaired) electrons. The zero-order valence-corrected chi connectivity index (χ0v) is 12.4. The Morgan fingerprint density at radius 1 is 1.26 bits per heavy atom. The van der Waals surface area contributed by atoms with E-state index in [0.717, 1.165) is 16.3 Å². The molecule has 0 spiro atoms. The average Bonchev–Trinajstić information content (AvgIpc) is 3.13. The van der Waals surface area contributed by atoms with Gasteiger partial charge in [-0.2, -0.15) is 18.2 Å². The number of aliphatic hydroxyl groups excluding tert-OH is 1. The average molecular weight is 313 g/mol. The summed E-state index contributed by atoms with van der Waals surface area (Å²) in [6.45, 7) is 1.93. The molecule has 1 aromatic heterocycles. The Morgan fingerprint density at radius 3 is 2.32 bits per heavy atom. The largest absolute Gasteiger partial charge is 0.747 e. The summed E-state index contributed by atoms with van der Waals surface area (Å²) < 4.78 is 0. The van der Waals surface area contributed by atoms with E-state index < -0.39 is 6.10 Å². The topological polar surface area (TPSA) is 33.1 Å². The van der Waals surface area contributed by atoms with Crippen molar-refractivity contribution in [3.8, 4) is 0 Å². The number of aliphatic hydroxyl groups is 1. The van der Waals surface area contributed by atoms with Crippen molar-refractivity contribution in [2.45, 2.75) is 13.0 Å². The molecule has 0 aliphatic heterocycles. The van der Waals surface area contributed by atoms with Crippen LogP contribution in [0.15, 0.2) is 60.0 Å². The maximum absolute atomic E-state index is 9.84. The molecular formula is C15H15FeNOS-6. The van der Waals surface area contributed by atoms with E-state index >= 15 is 0 Å². The van der Waals surface area contributed by atoms with Crippen molar-refractivity contribution in [3.05, 3.63) is 76.2 Å². The molecule has 0 aliphatic carbocycles. The van der Waals surface area contributed by atoms with E-state index in [4.69, 9.17) is 0 Å². The number of aryl methyl sites for hydroxylation is 1.